The largest absolute Gasteiger partial charge is 0.475 e. The molecule has 1 aromatic rings. The second-order valence-electron chi connectivity index (χ2n) is 4.41. The summed E-state index contributed by atoms with van der Waals surface area (Å²) in [4.78, 5) is 10.7. The number of rotatable bonds is 5. The number of carbonyl (C=O) groups is 1. The molecule has 0 aromatic carbocycles. The van der Waals surface area contributed by atoms with E-state index in [2.05, 4.69) is 4.72 Å². The number of sulfonamides is 1. The number of nitrogens with one attached hydrogen (secondary N) is 1. The highest BCUT2D eigenvalue weighted by Gasteiger charge is 2.30. The molecule has 0 radical (unpaired) electrons. The molecule has 0 aliphatic heterocycles. The lowest BCUT2D eigenvalue weighted by molar-refractivity contribution is 0.0656. The van der Waals surface area contributed by atoms with E-state index in [4.69, 9.17) is 9.52 Å². The lowest BCUT2D eigenvalue weighted by Crippen LogP contribution is -2.32. The van der Waals surface area contributed by atoms with Crippen LogP contribution in [0.15, 0.2) is 21.6 Å². The summed E-state index contributed by atoms with van der Waals surface area (Å²) >= 11 is 1.73. The van der Waals surface area contributed by atoms with Crippen molar-refractivity contribution in [3.8, 4) is 0 Å². The fraction of sp³-hybridized carbons (Fsp3) is 0.545. The Labute approximate surface area is 115 Å². The highest BCUT2D eigenvalue weighted by molar-refractivity contribution is 7.99. The van der Waals surface area contributed by atoms with Crippen molar-refractivity contribution in [3.63, 3.8) is 0 Å². The van der Waals surface area contributed by atoms with Crippen LogP contribution in [0.1, 0.15) is 29.8 Å². The summed E-state index contributed by atoms with van der Waals surface area (Å²) in [6.45, 7) is 0. The number of carboxylic acids is 1. The molecule has 0 spiro atoms. The number of thioether (sulfide) groups is 1. The first-order valence-electron chi connectivity index (χ1n) is 5.80. The fourth-order valence-corrected chi connectivity index (χ4v) is 4.13. The Balaban J connectivity index is 2.08. The van der Waals surface area contributed by atoms with Crippen LogP contribution in [0.4, 0.5) is 0 Å². The predicted molar refractivity (Wildman–Crippen MR) is 70.9 cm³/mol. The quantitative estimate of drug-likeness (QED) is 0.856. The zero-order valence-corrected chi connectivity index (χ0v) is 12.0. The molecule has 19 heavy (non-hydrogen) atoms. The highest BCUT2D eigenvalue weighted by Crippen LogP contribution is 2.29. The minimum Gasteiger partial charge on any atom is -0.475 e. The Morgan fingerprint density at radius 3 is 2.74 bits per heavy atom. The first-order chi connectivity index (χ1) is 8.92. The number of carboxylic acid groups (broad SMARTS) is 1. The number of aromatic carboxylic acids is 1. The van der Waals surface area contributed by atoms with E-state index in [1.807, 2.05) is 6.26 Å². The van der Waals surface area contributed by atoms with Crippen molar-refractivity contribution in [1.82, 2.24) is 4.72 Å². The second kappa shape index (κ2) is 5.56. The molecular formula is C11H15NO5S2. The molecule has 2 unspecified atom stereocenters. The van der Waals surface area contributed by atoms with Gasteiger partial charge in [-0.3, -0.25) is 0 Å². The Kier molecular flexibility index (Phi) is 4.22. The average molecular weight is 305 g/mol. The molecule has 2 atom stereocenters. The molecule has 1 heterocycles. The van der Waals surface area contributed by atoms with Crippen molar-refractivity contribution in [2.75, 3.05) is 6.26 Å². The van der Waals surface area contributed by atoms with Crippen LogP contribution in [0, 0.1) is 0 Å². The monoisotopic (exact) mass is 305 g/mol. The zero-order chi connectivity index (χ0) is 14.0. The van der Waals surface area contributed by atoms with Gasteiger partial charge in [0.05, 0.1) is 0 Å². The van der Waals surface area contributed by atoms with Crippen molar-refractivity contribution < 1.29 is 22.7 Å². The van der Waals surface area contributed by atoms with E-state index in [1.54, 1.807) is 11.8 Å². The van der Waals surface area contributed by atoms with Gasteiger partial charge in [-0.05, 0) is 37.7 Å². The molecule has 1 aromatic heterocycles. The third-order valence-electron chi connectivity index (χ3n) is 3.10. The molecule has 0 bridgehead atoms. The summed E-state index contributed by atoms with van der Waals surface area (Å²) < 4.78 is 31.4. The lowest BCUT2D eigenvalue weighted by atomic mass is 10.3. The van der Waals surface area contributed by atoms with Crippen molar-refractivity contribution in [2.24, 2.45) is 0 Å². The maximum atomic E-state index is 12.0. The lowest BCUT2D eigenvalue weighted by Gasteiger charge is -2.11. The fourth-order valence-electron chi connectivity index (χ4n) is 2.12. The van der Waals surface area contributed by atoms with Gasteiger partial charge in [0.2, 0.25) is 10.9 Å². The van der Waals surface area contributed by atoms with Gasteiger partial charge in [-0.25, -0.2) is 17.9 Å². The van der Waals surface area contributed by atoms with Crippen molar-refractivity contribution in [1.29, 1.82) is 0 Å². The van der Waals surface area contributed by atoms with Crippen LogP contribution in [0.5, 0.6) is 0 Å². The topological polar surface area (TPSA) is 96.6 Å². The second-order valence-corrected chi connectivity index (χ2v) is 7.20. The summed E-state index contributed by atoms with van der Waals surface area (Å²) in [6.07, 6.45) is 4.56. The molecular weight excluding hydrogens is 290 g/mol. The van der Waals surface area contributed by atoms with Gasteiger partial charge in [0, 0.05) is 11.3 Å². The van der Waals surface area contributed by atoms with Crippen LogP contribution in [0.25, 0.3) is 0 Å². The number of furan rings is 1. The van der Waals surface area contributed by atoms with Crippen LogP contribution >= 0.6 is 11.8 Å². The summed E-state index contributed by atoms with van der Waals surface area (Å²) in [5.41, 5.74) is 0. The average Bonchev–Trinajstić information content (AvgIpc) is 2.95. The van der Waals surface area contributed by atoms with E-state index in [-0.39, 0.29) is 16.9 Å². The molecule has 0 amide bonds. The summed E-state index contributed by atoms with van der Waals surface area (Å²) in [5.74, 6) is -1.67. The SMILES string of the molecule is CSC1CCC(NS(=O)(=O)c2ccc(C(=O)O)o2)C1. The van der Waals surface area contributed by atoms with E-state index in [0.29, 0.717) is 5.25 Å². The molecule has 1 aliphatic rings. The molecule has 2 N–H and O–H groups in total. The van der Waals surface area contributed by atoms with Gasteiger partial charge in [-0.2, -0.15) is 11.8 Å². The van der Waals surface area contributed by atoms with E-state index >= 15 is 0 Å². The molecule has 106 valence electrons. The Morgan fingerprint density at radius 2 is 2.21 bits per heavy atom. The molecule has 6 nitrogen and oxygen atoms in total. The smallest absolute Gasteiger partial charge is 0.371 e. The Morgan fingerprint density at radius 1 is 1.47 bits per heavy atom. The molecule has 0 saturated heterocycles. The Hall–Kier alpha value is -0.990. The van der Waals surface area contributed by atoms with Gasteiger partial charge < -0.3 is 9.52 Å². The van der Waals surface area contributed by atoms with Gasteiger partial charge in [0.1, 0.15) is 0 Å². The number of hydrogen-bond donors (Lipinski definition) is 2. The van der Waals surface area contributed by atoms with Crippen LogP contribution in [-0.4, -0.2) is 37.0 Å². The molecule has 1 saturated carbocycles. The third kappa shape index (κ3) is 3.31. The molecule has 1 aliphatic carbocycles. The standard InChI is InChI=1S/C11H15NO5S2/c1-18-8-3-2-7(6-8)12-19(15,16)10-5-4-9(17-10)11(13)14/h4-5,7-8,12H,2-3,6H2,1H3,(H,13,14). The van der Waals surface area contributed by atoms with Gasteiger partial charge in [-0.1, -0.05) is 0 Å². The van der Waals surface area contributed by atoms with Gasteiger partial charge >= 0.3 is 5.97 Å². The summed E-state index contributed by atoms with van der Waals surface area (Å²) in [7, 11) is -3.78. The molecule has 2 rings (SSSR count). The highest BCUT2D eigenvalue weighted by atomic mass is 32.2. The number of hydrogen-bond acceptors (Lipinski definition) is 5. The van der Waals surface area contributed by atoms with Crippen molar-refractivity contribution in [3.05, 3.63) is 17.9 Å². The Bertz CT molecular complexity index is 565. The van der Waals surface area contributed by atoms with Crippen LogP contribution in [0.3, 0.4) is 0 Å². The first kappa shape index (κ1) is 14.4. The maximum Gasteiger partial charge on any atom is 0.371 e. The predicted octanol–water partition coefficient (Wildman–Crippen LogP) is 1.54. The maximum absolute atomic E-state index is 12.0. The van der Waals surface area contributed by atoms with Crippen LogP contribution in [-0.2, 0) is 10.0 Å². The van der Waals surface area contributed by atoms with E-state index in [1.165, 1.54) is 0 Å². The molecule has 1 fully saturated rings. The van der Waals surface area contributed by atoms with Gasteiger partial charge in [-0.15, -0.1) is 0 Å². The normalized spacial score (nSPS) is 23.6. The third-order valence-corrected chi connectivity index (χ3v) is 5.58. The zero-order valence-electron chi connectivity index (χ0n) is 10.3. The van der Waals surface area contributed by atoms with Crippen molar-refractivity contribution in [2.45, 2.75) is 35.6 Å². The van der Waals surface area contributed by atoms with E-state index in [9.17, 15) is 13.2 Å². The minimum absolute atomic E-state index is 0.110. The summed E-state index contributed by atoms with van der Waals surface area (Å²) in [6, 6.07) is 2.18. The van der Waals surface area contributed by atoms with Crippen molar-refractivity contribution >= 4 is 27.8 Å². The van der Waals surface area contributed by atoms with Gasteiger partial charge in [0.25, 0.3) is 10.0 Å². The summed E-state index contributed by atoms with van der Waals surface area (Å²) in [5, 5.41) is 8.82. The van der Waals surface area contributed by atoms with Crippen LogP contribution in [0.2, 0.25) is 0 Å². The van der Waals surface area contributed by atoms with Crippen LogP contribution < -0.4 is 4.72 Å². The molecule has 8 heteroatoms. The van der Waals surface area contributed by atoms with E-state index < -0.39 is 16.0 Å². The van der Waals surface area contributed by atoms with Gasteiger partial charge in [0.15, 0.2) is 0 Å². The van der Waals surface area contributed by atoms with E-state index in [0.717, 1.165) is 31.4 Å². The minimum atomic E-state index is -3.78. The first-order valence-corrected chi connectivity index (χ1v) is 8.57.